The number of nitrogens with one attached hydrogen (secondary N) is 2. The van der Waals surface area contributed by atoms with Gasteiger partial charge in [0.05, 0.1) is 12.2 Å². The number of halogens is 3. The average Bonchev–Trinajstić information content (AvgIpc) is 3.26. The van der Waals surface area contributed by atoms with E-state index in [-0.39, 0.29) is 19.1 Å². The smallest absolute Gasteiger partial charge is 0.383 e. The molecule has 11 heteroatoms. The summed E-state index contributed by atoms with van der Waals surface area (Å²) in [4.78, 5) is 13.8. The second kappa shape index (κ2) is 7.22. The zero-order chi connectivity index (χ0) is 19.7. The first-order chi connectivity index (χ1) is 12.7. The number of urea groups is 1. The lowest BCUT2D eigenvalue weighted by molar-refractivity contribution is -0.141. The Labute approximate surface area is 153 Å². The van der Waals surface area contributed by atoms with E-state index < -0.39 is 17.5 Å². The number of likely N-dealkylation sites (tertiary alicyclic amines) is 1. The van der Waals surface area contributed by atoms with E-state index in [1.165, 1.54) is 11.6 Å². The number of alkyl halides is 3. The predicted molar refractivity (Wildman–Crippen MR) is 88.7 cm³/mol. The maximum Gasteiger partial charge on any atom is 0.435 e. The molecule has 0 atom stereocenters. The molecule has 2 amide bonds. The van der Waals surface area contributed by atoms with Gasteiger partial charge in [-0.1, -0.05) is 0 Å². The first kappa shape index (κ1) is 19.2. The van der Waals surface area contributed by atoms with Gasteiger partial charge in [-0.15, -0.1) is 0 Å². The molecule has 1 fully saturated rings. The molecule has 148 valence electrons. The number of piperidine rings is 1. The average molecular weight is 386 g/mol. The molecule has 27 heavy (non-hydrogen) atoms. The number of H-pyrrole nitrogens is 1. The third-order valence-corrected chi connectivity index (χ3v) is 4.75. The molecule has 8 nitrogen and oxygen atoms in total. The van der Waals surface area contributed by atoms with Crippen molar-refractivity contribution < 1.29 is 23.1 Å². The molecule has 0 aliphatic carbocycles. The van der Waals surface area contributed by atoms with Gasteiger partial charge in [0.25, 0.3) is 0 Å². The summed E-state index contributed by atoms with van der Waals surface area (Å²) in [5, 5.41) is 23.4. The van der Waals surface area contributed by atoms with Crippen molar-refractivity contribution in [2.45, 2.75) is 38.1 Å². The third kappa shape index (κ3) is 4.24. The van der Waals surface area contributed by atoms with E-state index >= 15 is 0 Å². The van der Waals surface area contributed by atoms with Crippen LogP contribution in [0.5, 0.6) is 0 Å². The van der Waals surface area contributed by atoms with Gasteiger partial charge in [-0.05, 0) is 31.9 Å². The van der Waals surface area contributed by atoms with Gasteiger partial charge >= 0.3 is 12.2 Å². The number of hydrogen-bond acceptors (Lipinski definition) is 4. The molecule has 0 saturated carbocycles. The van der Waals surface area contributed by atoms with Crippen molar-refractivity contribution >= 4 is 6.03 Å². The minimum atomic E-state index is -4.49. The second-order valence-electron chi connectivity index (χ2n) is 6.61. The van der Waals surface area contributed by atoms with Crippen LogP contribution in [0.2, 0.25) is 0 Å². The Morgan fingerprint density at radius 2 is 2.11 bits per heavy atom. The van der Waals surface area contributed by atoms with Gasteiger partial charge in [-0.2, -0.15) is 23.4 Å². The number of aromatic nitrogens is 4. The van der Waals surface area contributed by atoms with E-state index in [0.29, 0.717) is 37.3 Å². The number of hydrogen-bond donors (Lipinski definition) is 3. The molecule has 3 heterocycles. The highest BCUT2D eigenvalue weighted by molar-refractivity contribution is 5.74. The van der Waals surface area contributed by atoms with Gasteiger partial charge in [0, 0.05) is 31.5 Å². The molecule has 1 aliphatic rings. The quantitative estimate of drug-likeness (QED) is 0.744. The number of aryl methyl sites for hydroxylation is 1. The number of rotatable bonds is 4. The summed E-state index contributed by atoms with van der Waals surface area (Å²) >= 11 is 0. The van der Waals surface area contributed by atoms with Crippen LogP contribution in [0.1, 0.15) is 29.9 Å². The highest BCUT2D eigenvalue weighted by atomic mass is 19.4. The molecule has 1 saturated heterocycles. The molecule has 0 aromatic carbocycles. The minimum absolute atomic E-state index is 0.138. The molecule has 3 rings (SSSR count). The lowest BCUT2D eigenvalue weighted by atomic mass is 9.88. The van der Waals surface area contributed by atoms with E-state index in [1.54, 1.807) is 17.2 Å². The van der Waals surface area contributed by atoms with Crippen molar-refractivity contribution in [1.29, 1.82) is 0 Å². The van der Waals surface area contributed by atoms with Crippen LogP contribution >= 0.6 is 0 Å². The van der Waals surface area contributed by atoms with Crippen LogP contribution in [0.4, 0.5) is 18.0 Å². The Bertz CT molecular complexity index is 779. The van der Waals surface area contributed by atoms with Crippen LogP contribution < -0.4 is 5.32 Å². The Balaban J connectivity index is 1.48. The van der Waals surface area contributed by atoms with E-state index in [4.69, 9.17) is 0 Å². The lowest BCUT2D eigenvalue weighted by Gasteiger charge is -2.37. The third-order valence-electron chi connectivity index (χ3n) is 4.75. The van der Waals surface area contributed by atoms with Gasteiger partial charge in [0.2, 0.25) is 0 Å². The summed E-state index contributed by atoms with van der Waals surface area (Å²) < 4.78 is 39.2. The first-order valence-corrected chi connectivity index (χ1v) is 8.56. The van der Waals surface area contributed by atoms with Crippen LogP contribution in [-0.4, -0.2) is 55.6 Å². The van der Waals surface area contributed by atoms with E-state index in [1.807, 2.05) is 0 Å². The first-order valence-electron chi connectivity index (χ1n) is 8.56. The van der Waals surface area contributed by atoms with Gasteiger partial charge in [-0.3, -0.25) is 9.78 Å². The van der Waals surface area contributed by atoms with E-state index in [0.717, 1.165) is 6.07 Å². The SMILES string of the molecule is Cc1cc(C(F)(F)F)nn1CCNC(=O)N1CCC(O)(c2ccn[nH]2)CC1. The molecule has 3 N–H and O–H groups in total. The van der Waals surface area contributed by atoms with Crippen LogP contribution in [0, 0.1) is 6.92 Å². The van der Waals surface area contributed by atoms with Crippen molar-refractivity contribution in [3.63, 3.8) is 0 Å². The summed E-state index contributed by atoms with van der Waals surface area (Å²) in [6.07, 6.45) is -2.18. The molecule has 0 radical (unpaired) electrons. The Morgan fingerprint density at radius 3 is 2.67 bits per heavy atom. The van der Waals surface area contributed by atoms with Crippen LogP contribution in [0.15, 0.2) is 18.3 Å². The maximum absolute atomic E-state index is 12.7. The van der Waals surface area contributed by atoms with E-state index in [9.17, 15) is 23.1 Å². The Morgan fingerprint density at radius 1 is 1.41 bits per heavy atom. The van der Waals surface area contributed by atoms with Crippen LogP contribution in [0.3, 0.4) is 0 Å². The van der Waals surface area contributed by atoms with Crippen molar-refractivity contribution in [3.8, 4) is 0 Å². The fraction of sp³-hybridized carbons (Fsp3) is 0.562. The lowest BCUT2D eigenvalue weighted by Crippen LogP contribution is -2.49. The molecule has 0 unspecified atom stereocenters. The number of amides is 2. The number of aromatic amines is 1. The molecular weight excluding hydrogens is 365 g/mol. The second-order valence-corrected chi connectivity index (χ2v) is 6.61. The molecule has 2 aromatic heterocycles. The molecule has 0 spiro atoms. The normalized spacial score (nSPS) is 17.1. The largest absolute Gasteiger partial charge is 0.435 e. The van der Waals surface area contributed by atoms with Crippen molar-refractivity contribution in [1.82, 2.24) is 30.2 Å². The van der Waals surface area contributed by atoms with E-state index in [2.05, 4.69) is 20.6 Å². The fourth-order valence-electron chi connectivity index (χ4n) is 3.12. The highest BCUT2D eigenvalue weighted by Crippen LogP contribution is 2.31. The van der Waals surface area contributed by atoms with Gasteiger partial charge in [0.1, 0.15) is 5.60 Å². The van der Waals surface area contributed by atoms with Crippen molar-refractivity contribution in [3.05, 3.63) is 35.4 Å². The van der Waals surface area contributed by atoms with Crippen molar-refractivity contribution in [2.24, 2.45) is 0 Å². The topological polar surface area (TPSA) is 99.1 Å². The Hall–Kier alpha value is -2.56. The standard InChI is InChI=1S/C16H21F3N6O2/c1-11-10-13(16(17,18)19)23-25(11)9-6-20-14(26)24-7-3-15(27,4-8-24)12-2-5-21-22-12/h2,5,10,27H,3-4,6-9H2,1H3,(H,20,26)(H,21,22). The maximum atomic E-state index is 12.7. The zero-order valence-electron chi connectivity index (χ0n) is 14.8. The summed E-state index contributed by atoms with van der Waals surface area (Å²) in [5.41, 5.74) is -0.982. The Kier molecular flexibility index (Phi) is 5.13. The van der Waals surface area contributed by atoms with Crippen molar-refractivity contribution in [2.75, 3.05) is 19.6 Å². The van der Waals surface area contributed by atoms with Crippen LogP contribution in [-0.2, 0) is 18.3 Å². The molecular formula is C16H21F3N6O2. The monoisotopic (exact) mass is 386 g/mol. The van der Waals surface area contributed by atoms with Gasteiger partial charge in [-0.25, -0.2) is 4.79 Å². The summed E-state index contributed by atoms with van der Waals surface area (Å²) in [6, 6.07) is 2.36. The highest BCUT2D eigenvalue weighted by Gasteiger charge is 2.36. The summed E-state index contributed by atoms with van der Waals surface area (Å²) in [6.45, 7) is 2.55. The predicted octanol–water partition coefficient (Wildman–Crippen LogP) is 1.63. The molecule has 0 bridgehead atoms. The van der Waals surface area contributed by atoms with Gasteiger partial charge in [0.15, 0.2) is 5.69 Å². The molecule has 1 aliphatic heterocycles. The minimum Gasteiger partial charge on any atom is -0.383 e. The summed E-state index contributed by atoms with van der Waals surface area (Å²) in [7, 11) is 0. The van der Waals surface area contributed by atoms with Crippen LogP contribution in [0.25, 0.3) is 0 Å². The van der Waals surface area contributed by atoms with Gasteiger partial charge < -0.3 is 15.3 Å². The summed E-state index contributed by atoms with van der Waals surface area (Å²) in [5.74, 6) is 0. The number of carbonyl (C=O) groups is 1. The number of aliphatic hydroxyl groups is 1. The molecule has 2 aromatic rings. The number of carbonyl (C=O) groups excluding carboxylic acids is 1. The fourth-order valence-corrected chi connectivity index (χ4v) is 3.12. The zero-order valence-corrected chi connectivity index (χ0v) is 14.8. The number of nitrogens with zero attached hydrogens (tertiary/aromatic N) is 4.